The van der Waals surface area contributed by atoms with Crippen molar-refractivity contribution in [3.63, 3.8) is 0 Å². The predicted octanol–water partition coefficient (Wildman–Crippen LogP) is 0.977. The molecule has 0 spiro atoms. The van der Waals surface area contributed by atoms with Gasteiger partial charge in [0.1, 0.15) is 11.4 Å². The molecule has 2 aliphatic rings. The van der Waals surface area contributed by atoms with Gasteiger partial charge in [0.25, 0.3) is 0 Å². The van der Waals surface area contributed by atoms with Gasteiger partial charge in [-0.25, -0.2) is 4.63 Å². The van der Waals surface area contributed by atoms with Gasteiger partial charge in [0.2, 0.25) is 0 Å². The molecule has 0 radical (unpaired) electrons. The van der Waals surface area contributed by atoms with Gasteiger partial charge in [0.05, 0.1) is 5.69 Å². The quantitative estimate of drug-likeness (QED) is 0.833. The van der Waals surface area contributed by atoms with Gasteiger partial charge in [-0.15, -0.1) is 5.10 Å². The smallest absolute Gasteiger partial charge is 0.151 e. The Morgan fingerprint density at radius 2 is 2.14 bits per heavy atom. The first-order valence-corrected chi connectivity index (χ1v) is 7.79. The molecule has 0 bridgehead atoms. The molecule has 2 aromatic rings. The fraction of sp³-hybridized carbons (Fsp3) is 0.600. The maximum absolute atomic E-state index is 4.76. The molecule has 7 nitrogen and oxygen atoms in total. The minimum atomic E-state index is 0.506. The Hall–Kier alpha value is -2.02. The van der Waals surface area contributed by atoms with Crippen LogP contribution in [0, 0.1) is 6.92 Å². The summed E-state index contributed by atoms with van der Waals surface area (Å²) in [5.41, 5.74) is 4.35. The highest BCUT2D eigenvalue weighted by atomic mass is 16.6. The Morgan fingerprint density at radius 3 is 2.91 bits per heavy atom. The van der Waals surface area contributed by atoms with Crippen LogP contribution in [0.5, 0.6) is 0 Å². The van der Waals surface area contributed by atoms with Gasteiger partial charge >= 0.3 is 0 Å². The lowest BCUT2D eigenvalue weighted by Gasteiger charge is -2.44. The zero-order chi connectivity index (χ0) is 15.1. The number of hydrogen-bond acceptors (Lipinski definition) is 7. The topological polar surface area (TPSA) is 71.2 Å². The van der Waals surface area contributed by atoms with Gasteiger partial charge in [0.15, 0.2) is 5.82 Å². The molecule has 22 heavy (non-hydrogen) atoms. The Morgan fingerprint density at radius 1 is 1.27 bits per heavy atom. The number of hydrogen-bond donors (Lipinski definition) is 0. The van der Waals surface area contributed by atoms with Crippen LogP contribution in [-0.2, 0) is 19.4 Å². The SMILES string of the molecule is Cc1nonc1CN(C)C1CN(c2cc3c(nn2)CCC3)C1. The lowest BCUT2D eigenvalue weighted by atomic mass is 10.1. The fourth-order valence-corrected chi connectivity index (χ4v) is 3.15. The maximum atomic E-state index is 4.76. The molecular weight excluding hydrogens is 280 g/mol. The van der Waals surface area contributed by atoms with Gasteiger partial charge in [-0.2, -0.15) is 5.10 Å². The molecule has 2 aromatic heterocycles. The largest absolute Gasteiger partial charge is 0.352 e. The van der Waals surface area contributed by atoms with E-state index in [4.69, 9.17) is 4.63 Å². The van der Waals surface area contributed by atoms with E-state index in [2.05, 4.69) is 43.4 Å². The summed E-state index contributed by atoms with van der Waals surface area (Å²) >= 11 is 0. The third kappa shape index (κ3) is 2.35. The number of rotatable bonds is 4. The minimum Gasteiger partial charge on any atom is -0.352 e. The molecule has 0 N–H and O–H groups in total. The lowest BCUT2D eigenvalue weighted by Crippen LogP contribution is -2.58. The molecule has 0 atom stereocenters. The first-order chi connectivity index (χ1) is 10.7. The zero-order valence-electron chi connectivity index (χ0n) is 13.0. The van der Waals surface area contributed by atoms with Crippen molar-refractivity contribution in [3.8, 4) is 0 Å². The minimum absolute atomic E-state index is 0.506. The van der Waals surface area contributed by atoms with Crippen molar-refractivity contribution in [2.24, 2.45) is 0 Å². The van der Waals surface area contributed by atoms with Crippen molar-refractivity contribution < 1.29 is 4.63 Å². The van der Waals surface area contributed by atoms with E-state index in [9.17, 15) is 0 Å². The monoisotopic (exact) mass is 300 g/mol. The summed E-state index contributed by atoms with van der Waals surface area (Å²) in [6.07, 6.45) is 3.44. The summed E-state index contributed by atoms with van der Waals surface area (Å²) in [7, 11) is 2.12. The van der Waals surface area contributed by atoms with E-state index >= 15 is 0 Å². The number of likely N-dealkylation sites (N-methyl/N-ethyl adjacent to an activating group) is 1. The van der Waals surface area contributed by atoms with E-state index in [1.54, 1.807) is 0 Å². The molecule has 7 heteroatoms. The van der Waals surface area contributed by atoms with Crippen LogP contribution in [0.25, 0.3) is 0 Å². The van der Waals surface area contributed by atoms with Crippen LogP contribution in [0.4, 0.5) is 5.82 Å². The van der Waals surface area contributed by atoms with Crippen LogP contribution in [0.3, 0.4) is 0 Å². The summed E-state index contributed by atoms with van der Waals surface area (Å²) in [6, 6.07) is 2.73. The van der Waals surface area contributed by atoms with Gasteiger partial charge < -0.3 is 4.90 Å². The number of anilines is 1. The van der Waals surface area contributed by atoms with Crippen LogP contribution < -0.4 is 4.90 Å². The summed E-state index contributed by atoms with van der Waals surface area (Å²) < 4.78 is 4.76. The molecule has 0 aromatic carbocycles. The average molecular weight is 300 g/mol. The highest BCUT2D eigenvalue weighted by Gasteiger charge is 2.32. The molecule has 3 heterocycles. The van der Waals surface area contributed by atoms with Crippen molar-refractivity contribution in [3.05, 3.63) is 28.7 Å². The standard InChI is InChI=1S/C15H20N6O/c1-10-14(19-22-18-10)9-20(2)12-7-21(8-12)15-6-11-4-3-5-13(11)16-17-15/h6,12H,3-5,7-9H2,1-2H3. The van der Waals surface area contributed by atoms with Gasteiger partial charge in [0, 0.05) is 25.7 Å². The van der Waals surface area contributed by atoms with Crippen molar-refractivity contribution in [1.29, 1.82) is 0 Å². The van der Waals surface area contributed by atoms with Crippen molar-refractivity contribution in [2.75, 3.05) is 25.0 Å². The number of aryl methyl sites for hydroxylation is 3. The first-order valence-electron chi connectivity index (χ1n) is 7.79. The third-order valence-corrected chi connectivity index (χ3v) is 4.76. The number of fused-ring (bicyclic) bond motifs is 1. The van der Waals surface area contributed by atoms with E-state index in [0.717, 1.165) is 49.7 Å². The lowest BCUT2D eigenvalue weighted by molar-refractivity contribution is 0.190. The van der Waals surface area contributed by atoms with Gasteiger partial charge in [-0.3, -0.25) is 4.90 Å². The van der Waals surface area contributed by atoms with E-state index in [1.807, 2.05) is 6.92 Å². The van der Waals surface area contributed by atoms with E-state index in [-0.39, 0.29) is 0 Å². The molecule has 1 aliphatic heterocycles. The molecule has 0 saturated carbocycles. The van der Waals surface area contributed by atoms with Crippen LogP contribution in [0.1, 0.15) is 29.1 Å². The van der Waals surface area contributed by atoms with Gasteiger partial charge in [-0.05, 0) is 44.9 Å². The average Bonchev–Trinajstić information content (AvgIpc) is 3.06. The summed E-state index contributed by atoms with van der Waals surface area (Å²) in [6.45, 7) is 4.65. The highest BCUT2D eigenvalue weighted by Crippen LogP contribution is 2.26. The molecule has 1 aliphatic carbocycles. The fourth-order valence-electron chi connectivity index (χ4n) is 3.15. The predicted molar refractivity (Wildman–Crippen MR) is 80.6 cm³/mol. The van der Waals surface area contributed by atoms with Crippen LogP contribution in [0.15, 0.2) is 10.7 Å². The van der Waals surface area contributed by atoms with Crippen molar-refractivity contribution >= 4 is 5.82 Å². The highest BCUT2D eigenvalue weighted by molar-refractivity contribution is 5.45. The number of nitrogens with zero attached hydrogens (tertiary/aromatic N) is 6. The van der Waals surface area contributed by atoms with Gasteiger partial charge in [-0.1, -0.05) is 10.3 Å². The first kappa shape index (κ1) is 13.6. The molecule has 1 fully saturated rings. The van der Waals surface area contributed by atoms with E-state index in [0.29, 0.717) is 6.04 Å². The van der Waals surface area contributed by atoms with Crippen molar-refractivity contribution in [1.82, 2.24) is 25.4 Å². The van der Waals surface area contributed by atoms with Crippen LogP contribution in [-0.4, -0.2) is 51.6 Å². The Balaban J connectivity index is 1.36. The maximum Gasteiger partial charge on any atom is 0.151 e. The molecule has 4 rings (SSSR count). The summed E-state index contributed by atoms with van der Waals surface area (Å²) in [5.74, 6) is 1.02. The Kier molecular flexibility index (Phi) is 3.29. The summed E-state index contributed by atoms with van der Waals surface area (Å²) in [4.78, 5) is 4.59. The second-order valence-corrected chi connectivity index (χ2v) is 6.30. The Labute approximate surface area is 129 Å². The molecular formula is C15H20N6O. The molecule has 1 saturated heterocycles. The van der Waals surface area contributed by atoms with Crippen molar-refractivity contribution in [2.45, 2.75) is 38.8 Å². The number of aromatic nitrogens is 4. The Bertz CT molecular complexity index is 678. The van der Waals surface area contributed by atoms with Crippen LogP contribution in [0.2, 0.25) is 0 Å². The molecule has 116 valence electrons. The normalized spacial score (nSPS) is 17.9. The summed E-state index contributed by atoms with van der Waals surface area (Å²) in [5, 5.41) is 16.5. The van der Waals surface area contributed by atoms with Crippen LogP contribution >= 0.6 is 0 Å². The third-order valence-electron chi connectivity index (χ3n) is 4.76. The second-order valence-electron chi connectivity index (χ2n) is 6.30. The van der Waals surface area contributed by atoms with E-state index < -0.39 is 0 Å². The second kappa shape index (κ2) is 5.31. The molecule has 0 unspecified atom stereocenters. The van der Waals surface area contributed by atoms with E-state index in [1.165, 1.54) is 17.7 Å². The molecule has 0 amide bonds. The zero-order valence-corrected chi connectivity index (χ0v) is 13.0.